The van der Waals surface area contributed by atoms with Crippen molar-refractivity contribution in [2.75, 3.05) is 0 Å². The van der Waals surface area contributed by atoms with Gasteiger partial charge in [0, 0.05) is 11.8 Å². The van der Waals surface area contributed by atoms with Gasteiger partial charge in [0.1, 0.15) is 17.1 Å². The van der Waals surface area contributed by atoms with Gasteiger partial charge in [0.15, 0.2) is 0 Å². The summed E-state index contributed by atoms with van der Waals surface area (Å²) in [6.45, 7) is 0. The second-order valence-corrected chi connectivity index (χ2v) is 5.38. The smallest absolute Gasteiger partial charge is 0.433 e. The fraction of sp³-hybridized carbons (Fsp3) is 0.0588. The minimum atomic E-state index is -4.64. The van der Waals surface area contributed by atoms with E-state index in [1.165, 1.54) is 12.1 Å². The summed E-state index contributed by atoms with van der Waals surface area (Å²) in [5, 5.41) is 13.2. The predicted molar refractivity (Wildman–Crippen MR) is 85.0 cm³/mol. The molecule has 6 nitrogen and oxygen atoms in total. The lowest BCUT2D eigenvalue weighted by atomic mass is 10.1. The molecule has 2 heterocycles. The van der Waals surface area contributed by atoms with Gasteiger partial charge >= 0.3 is 12.1 Å². The first-order valence-electron chi connectivity index (χ1n) is 7.34. The third-order valence-corrected chi connectivity index (χ3v) is 3.54. The summed E-state index contributed by atoms with van der Waals surface area (Å²) >= 11 is 0. The Morgan fingerprint density at radius 1 is 1.11 bits per heavy atom. The highest BCUT2D eigenvalue weighted by atomic mass is 19.4. The Balaban J connectivity index is 2.19. The average Bonchev–Trinajstić information content (AvgIpc) is 2.61. The molecule has 1 N–H and O–H groups in total. The minimum Gasteiger partial charge on any atom is -0.477 e. The summed E-state index contributed by atoms with van der Waals surface area (Å²) in [5.74, 6) is -2.24. The van der Waals surface area contributed by atoms with Crippen molar-refractivity contribution in [3.63, 3.8) is 0 Å². The van der Waals surface area contributed by atoms with Gasteiger partial charge in [-0.1, -0.05) is 6.07 Å². The van der Waals surface area contributed by atoms with E-state index >= 15 is 0 Å². The van der Waals surface area contributed by atoms with E-state index in [-0.39, 0.29) is 16.9 Å². The molecule has 3 aromatic rings. The molecule has 0 amide bonds. The van der Waals surface area contributed by atoms with Gasteiger partial charge in [-0.3, -0.25) is 9.78 Å². The highest BCUT2D eigenvalue weighted by Crippen LogP contribution is 2.28. The largest absolute Gasteiger partial charge is 0.477 e. The standard InChI is InChI=1S/C17H9F4N3O3/c18-10-2-1-3-11(6-10)24-15(25)12(16(26)27)7-13(23-24)9-4-5-14(22-8-9)17(19,20)21/h1-8H,(H,26,27). The van der Waals surface area contributed by atoms with E-state index in [4.69, 9.17) is 0 Å². The molecule has 0 spiro atoms. The van der Waals surface area contributed by atoms with Crippen LogP contribution in [0.1, 0.15) is 16.1 Å². The molecule has 0 radical (unpaired) electrons. The number of carbonyl (C=O) groups is 1. The Hall–Kier alpha value is -3.56. The molecule has 10 heteroatoms. The van der Waals surface area contributed by atoms with Crippen LogP contribution in [0.3, 0.4) is 0 Å². The fourth-order valence-corrected chi connectivity index (χ4v) is 2.28. The molecule has 0 aliphatic rings. The maximum Gasteiger partial charge on any atom is 0.433 e. The molecule has 1 aromatic carbocycles. The number of benzene rings is 1. The lowest BCUT2D eigenvalue weighted by molar-refractivity contribution is -0.141. The van der Waals surface area contributed by atoms with Crippen molar-refractivity contribution < 1.29 is 27.5 Å². The monoisotopic (exact) mass is 379 g/mol. The van der Waals surface area contributed by atoms with Crippen molar-refractivity contribution in [3.05, 3.63) is 76.1 Å². The summed E-state index contributed by atoms with van der Waals surface area (Å²) in [4.78, 5) is 27.0. The zero-order valence-corrected chi connectivity index (χ0v) is 13.2. The van der Waals surface area contributed by atoms with Crippen LogP contribution in [0.25, 0.3) is 16.9 Å². The molecular formula is C17H9F4N3O3. The number of nitrogens with zero attached hydrogens (tertiary/aromatic N) is 3. The highest BCUT2D eigenvalue weighted by Gasteiger charge is 2.32. The normalized spacial score (nSPS) is 11.4. The summed E-state index contributed by atoms with van der Waals surface area (Å²) in [7, 11) is 0. The van der Waals surface area contributed by atoms with Gasteiger partial charge in [-0.25, -0.2) is 9.18 Å². The lowest BCUT2D eigenvalue weighted by Crippen LogP contribution is -2.27. The molecule has 0 bridgehead atoms. The maximum absolute atomic E-state index is 13.4. The number of pyridine rings is 1. The fourth-order valence-electron chi connectivity index (χ4n) is 2.28. The Bertz CT molecular complexity index is 1080. The molecule has 0 atom stereocenters. The summed E-state index contributed by atoms with van der Waals surface area (Å²) in [6.07, 6.45) is -3.78. The molecule has 0 saturated heterocycles. The Kier molecular flexibility index (Phi) is 4.48. The zero-order valence-electron chi connectivity index (χ0n) is 13.2. The van der Waals surface area contributed by atoms with Crippen LogP contribution in [-0.4, -0.2) is 25.8 Å². The van der Waals surface area contributed by atoms with Gasteiger partial charge < -0.3 is 5.11 Å². The van der Waals surface area contributed by atoms with E-state index in [9.17, 15) is 32.3 Å². The van der Waals surface area contributed by atoms with Crippen LogP contribution in [0, 0.1) is 5.82 Å². The zero-order chi connectivity index (χ0) is 19.8. The first kappa shape index (κ1) is 18.2. The lowest BCUT2D eigenvalue weighted by Gasteiger charge is -2.10. The van der Waals surface area contributed by atoms with E-state index in [2.05, 4.69) is 10.1 Å². The predicted octanol–water partition coefficient (Wildman–Crippen LogP) is 3.15. The van der Waals surface area contributed by atoms with E-state index in [0.29, 0.717) is 10.7 Å². The number of rotatable bonds is 3. The minimum absolute atomic E-state index is 0.0378. The number of alkyl halides is 3. The van der Waals surface area contributed by atoms with Crippen molar-refractivity contribution in [1.29, 1.82) is 0 Å². The van der Waals surface area contributed by atoms with E-state index < -0.39 is 34.8 Å². The van der Waals surface area contributed by atoms with Crippen LogP contribution in [0.5, 0.6) is 0 Å². The van der Waals surface area contributed by atoms with Gasteiger partial charge in [-0.05, 0) is 36.4 Å². The second-order valence-electron chi connectivity index (χ2n) is 5.38. The molecule has 0 fully saturated rings. The molecule has 0 aliphatic carbocycles. The van der Waals surface area contributed by atoms with Crippen LogP contribution in [-0.2, 0) is 6.18 Å². The third kappa shape index (κ3) is 3.68. The summed E-state index contributed by atoms with van der Waals surface area (Å²) in [6, 6.07) is 7.39. The first-order chi connectivity index (χ1) is 12.7. The Morgan fingerprint density at radius 3 is 2.41 bits per heavy atom. The van der Waals surface area contributed by atoms with Crippen molar-refractivity contribution in [3.8, 4) is 16.9 Å². The van der Waals surface area contributed by atoms with Crippen LogP contribution < -0.4 is 5.56 Å². The Labute approximate surface area is 148 Å². The van der Waals surface area contributed by atoms with Crippen molar-refractivity contribution in [1.82, 2.24) is 14.8 Å². The number of carboxylic acid groups (broad SMARTS) is 1. The first-order valence-corrected chi connectivity index (χ1v) is 7.34. The summed E-state index contributed by atoms with van der Waals surface area (Å²) < 4.78 is 52.0. The highest BCUT2D eigenvalue weighted by molar-refractivity contribution is 5.88. The molecule has 2 aromatic heterocycles. The van der Waals surface area contributed by atoms with Crippen LogP contribution in [0.4, 0.5) is 17.6 Å². The molecular weight excluding hydrogens is 370 g/mol. The van der Waals surface area contributed by atoms with E-state index in [0.717, 1.165) is 30.5 Å². The van der Waals surface area contributed by atoms with Gasteiger partial charge in [-0.15, -0.1) is 0 Å². The van der Waals surface area contributed by atoms with Crippen molar-refractivity contribution in [2.24, 2.45) is 0 Å². The van der Waals surface area contributed by atoms with Gasteiger partial charge in [0.25, 0.3) is 5.56 Å². The van der Waals surface area contributed by atoms with Gasteiger partial charge in [0.05, 0.1) is 11.4 Å². The topological polar surface area (TPSA) is 85.1 Å². The molecule has 3 rings (SSSR count). The molecule has 27 heavy (non-hydrogen) atoms. The number of hydrogen-bond donors (Lipinski definition) is 1. The van der Waals surface area contributed by atoms with E-state index in [1.54, 1.807) is 0 Å². The molecule has 0 saturated carbocycles. The number of carboxylic acids is 1. The van der Waals surface area contributed by atoms with Crippen molar-refractivity contribution in [2.45, 2.75) is 6.18 Å². The van der Waals surface area contributed by atoms with E-state index in [1.807, 2.05) is 0 Å². The van der Waals surface area contributed by atoms with Crippen molar-refractivity contribution >= 4 is 5.97 Å². The number of aromatic nitrogens is 3. The quantitative estimate of drug-likeness (QED) is 0.707. The van der Waals surface area contributed by atoms with Gasteiger partial charge in [0.2, 0.25) is 0 Å². The molecule has 0 unspecified atom stereocenters. The molecule has 138 valence electrons. The average molecular weight is 379 g/mol. The SMILES string of the molecule is O=C(O)c1cc(-c2ccc(C(F)(F)F)nc2)nn(-c2cccc(F)c2)c1=O. The number of hydrogen-bond acceptors (Lipinski definition) is 4. The number of halogens is 4. The molecule has 0 aliphatic heterocycles. The number of aromatic carboxylic acids is 1. The third-order valence-electron chi connectivity index (χ3n) is 3.54. The van der Waals surface area contributed by atoms with Crippen LogP contribution >= 0.6 is 0 Å². The second kappa shape index (κ2) is 6.63. The Morgan fingerprint density at radius 2 is 1.85 bits per heavy atom. The maximum atomic E-state index is 13.4. The summed E-state index contributed by atoms with van der Waals surface area (Å²) in [5.41, 5.74) is -2.93. The van der Waals surface area contributed by atoms with Gasteiger partial charge in [-0.2, -0.15) is 23.0 Å². The van der Waals surface area contributed by atoms with Crippen LogP contribution in [0.2, 0.25) is 0 Å². The van der Waals surface area contributed by atoms with Crippen LogP contribution in [0.15, 0.2) is 53.5 Å².